The van der Waals surface area contributed by atoms with Crippen molar-refractivity contribution in [2.45, 2.75) is 20.3 Å². The van der Waals surface area contributed by atoms with Crippen LogP contribution in [-0.2, 0) is 16.0 Å². The van der Waals surface area contributed by atoms with Gasteiger partial charge in [0.25, 0.3) is 0 Å². The molecule has 1 aliphatic heterocycles. The molecule has 0 N–H and O–H groups in total. The molecule has 4 nitrogen and oxygen atoms in total. The first kappa shape index (κ1) is 31.7. The van der Waals surface area contributed by atoms with Crippen LogP contribution >= 0.6 is 0 Å². The molecule has 0 saturated carbocycles. The lowest BCUT2D eigenvalue weighted by Gasteiger charge is -2.23. The number of fused-ring (bicyclic) bond motifs is 4. The molecule has 7 aromatic rings. The quantitative estimate of drug-likeness (QED) is 0.0973. The van der Waals surface area contributed by atoms with Crippen molar-refractivity contribution >= 4 is 44.4 Å². The first-order chi connectivity index (χ1) is 24.9. The molecule has 0 unspecified atom stereocenters. The summed E-state index contributed by atoms with van der Waals surface area (Å²) < 4.78 is 2.05. The fourth-order valence-electron chi connectivity index (χ4n) is 7.67. The van der Waals surface area contributed by atoms with Gasteiger partial charge in [0.15, 0.2) is 5.78 Å². The zero-order valence-electron chi connectivity index (χ0n) is 28.5. The molecule has 0 bridgehead atoms. The highest BCUT2D eigenvalue weighted by atomic mass is 16.1. The second-order valence-electron chi connectivity index (χ2n) is 13.1. The Morgan fingerprint density at radius 3 is 1.67 bits per heavy atom. The van der Waals surface area contributed by atoms with Crippen molar-refractivity contribution in [3.8, 4) is 28.3 Å². The number of benzene rings is 6. The van der Waals surface area contributed by atoms with Crippen LogP contribution in [-0.4, -0.2) is 28.4 Å². The zero-order chi connectivity index (χ0) is 35.1. The smallest absolute Gasteiger partial charge is 0.215 e. The minimum absolute atomic E-state index is 0.178. The predicted molar refractivity (Wildman–Crippen MR) is 206 cm³/mol. The molecule has 1 aliphatic rings. The van der Waals surface area contributed by atoms with Gasteiger partial charge in [-0.25, -0.2) is 4.58 Å². The number of carbonyl (C=O) groups excluding carboxylic acids is 2. The van der Waals surface area contributed by atoms with Crippen LogP contribution in [0, 0.1) is 11.3 Å². The number of nitriles is 1. The molecule has 244 valence electrons. The summed E-state index contributed by atoms with van der Waals surface area (Å²) in [5.74, 6) is -0.367. The number of hydrogen-bond acceptors (Lipinski definition) is 3. The highest BCUT2D eigenvalue weighted by molar-refractivity contribution is 6.34. The normalized spacial score (nSPS) is 13.1. The molecule has 0 aliphatic carbocycles. The van der Waals surface area contributed by atoms with Gasteiger partial charge in [-0.15, -0.1) is 0 Å². The zero-order valence-corrected chi connectivity index (χ0v) is 28.5. The Bertz CT molecular complexity index is 2520. The van der Waals surface area contributed by atoms with Crippen LogP contribution in [0.15, 0.2) is 151 Å². The third kappa shape index (κ3) is 5.59. The summed E-state index contributed by atoms with van der Waals surface area (Å²) in [5.41, 5.74) is 10.2. The largest absolute Gasteiger partial charge is 0.327 e. The van der Waals surface area contributed by atoms with Crippen molar-refractivity contribution in [1.82, 2.24) is 0 Å². The van der Waals surface area contributed by atoms with Crippen molar-refractivity contribution in [3.05, 3.63) is 179 Å². The molecule has 4 heteroatoms. The van der Waals surface area contributed by atoms with Crippen LogP contribution in [0.25, 0.3) is 49.4 Å². The number of allylic oxidation sites excluding steroid dienone is 2. The Labute approximate surface area is 297 Å². The molecule has 0 amide bonds. The van der Waals surface area contributed by atoms with Crippen molar-refractivity contribution in [2.75, 3.05) is 6.54 Å². The molecule has 0 atom stereocenters. The lowest BCUT2D eigenvalue weighted by Crippen LogP contribution is -2.33. The van der Waals surface area contributed by atoms with Crippen molar-refractivity contribution in [1.29, 1.82) is 5.26 Å². The number of hydrogen-bond donors (Lipinski definition) is 0. The minimum atomic E-state index is -0.188. The first-order valence-electron chi connectivity index (χ1n) is 17.2. The maximum absolute atomic E-state index is 14.3. The van der Waals surface area contributed by atoms with E-state index in [-0.39, 0.29) is 11.6 Å². The fraction of sp³-hybridized carbons (Fsp3) is 0.0851. The Balaban J connectivity index is 1.51. The Morgan fingerprint density at radius 1 is 0.608 bits per heavy atom. The van der Waals surface area contributed by atoms with E-state index in [0.29, 0.717) is 29.8 Å². The summed E-state index contributed by atoms with van der Waals surface area (Å²) in [4.78, 5) is 28.5. The third-order valence-corrected chi connectivity index (χ3v) is 9.96. The maximum Gasteiger partial charge on any atom is 0.215 e. The number of rotatable bonds is 7. The molecule has 8 rings (SSSR count). The molecule has 0 saturated heterocycles. The molecule has 0 aromatic heterocycles. The Morgan fingerprint density at radius 2 is 1.14 bits per heavy atom. The van der Waals surface area contributed by atoms with Crippen molar-refractivity contribution in [3.63, 3.8) is 0 Å². The molecular formula is C47H34N2O2. The van der Waals surface area contributed by atoms with Crippen LogP contribution in [0.1, 0.15) is 41.7 Å². The maximum atomic E-state index is 14.3. The van der Waals surface area contributed by atoms with Gasteiger partial charge >= 0.3 is 0 Å². The number of carbonyl (C=O) groups is 2. The van der Waals surface area contributed by atoms with E-state index >= 15 is 0 Å². The third-order valence-electron chi connectivity index (χ3n) is 9.96. The summed E-state index contributed by atoms with van der Waals surface area (Å²) >= 11 is 0. The van der Waals surface area contributed by atoms with Crippen LogP contribution in [0.4, 0.5) is 0 Å². The molecular weight excluding hydrogens is 625 g/mol. The van der Waals surface area contributed by atoms with Gasteiger partial charge in [-0.1, -0.05) is 142 Å². The van der Waals surface area contributed by atoms with E-state index < -0.39 is 0 Å². The standard InChI is InChI=1S/C47H34N2O2/c1-30(50)44(46(31(2)51)49-26-25-35-15-9-10-16-39(35)47(49)36-19-17-32(29-48)18-20-36)45-42-27-37(33-11-5-3-6-12-33)21-23-40(42)41-24-22-38(28-43(41)45)34-13-7-4-8-14-34/h3-24,27-28H,25-26H2,1-2H3/b46-44+. The number of ketones is 2. The van der Waals surface area contributed by atoms with Gasteiger partial charge in [0.1, 0.15) is 12.3 Å². The predicted octanol–water partition coefficient (Wildman–Crippen LogP) is 9.91. The van der Waals surface area contributed by atoms with Gasteiger partial charge in [-0.3, -0.25) is 4.79 Å². The number of Topliss-reactive ketones (excluding diaryl/α,β-unsaturated/α-hetero) is 2. The average molecular weight is 659 g/mol. The highest BCUT2D eigenvalue weighted by Gasteiger charge is 2.34. The van der Waals surface area contributed by atoms with Gasteiger partial charge in [-0.2, -0.15) is 5.26 Å². The Hall–Kier alpha value is -6.57. The van der Waals surface area contributed by atoms with Crippen LogP contribution in [0.5, 0.6) is 0 Å². The first-order valence-corrected chi connectivity index (χ1v) is 17.2. The molecule has 0 radical (unpaired) electrons. The fourth-order valence-corrected chi connectivity index (χ4v) is 7.67. The van der Waals surface area contributed by atoms with E-state index in [1.54, 1.807) is 26.0 Å². The summed E-state index contributed by atoms with van der Waals surface area (Å²) in [6, 6.07) is 51.2. The Kier molecular flexibility index (Phi) is 8.10. The minimum Gasteiger partial charge on any atom is -0.327 e. The highest BCUT2D eigenvalue weighted by Crippen LogP contribution is 2.43. The summed E-state index contributed by atoms with van der Waals surface area (Å²) in [6.45, 7) is 3.65. The van der Waals surface area contributed by atoms with E-state index in [0.717, 1.165) is 66.2 Å². The second-order valence-corrected chi connectivity index (χ2v) is 13.1. The molecule has 51 heavy (non-hydrogen) atoms. The van der Waals surface area contributed by atoms with Gasteiger partial charge in [-0.05, 0) is 72.0 Å². The summed E-state index contributed by atoms with van der Waals surface area (Å²) in [5, 5.41) is 13.5. The van der Waals surface area contributed by atoms with E-state index in [9.17, 15) is 14.9 Å². The summed E-state index contributed by atoms with van der Waals surface area (Å²) in [7, 11) is 0. The average Bonchev–Trinajstić information content (AvgIpc) is 3.49. The molecule has 7 aromatic carbocycles. The van der Waals surface area contributed by atoms with Crippen molar-refractivity contribution in [2.24, 2.45) is 0 Å². The van der Waals surface area contributed by atoms with E-state index in [1.165, 1.54) is 5.56 Å². The number of nitrogens with zero attached hydrogens (tertiary/aromatic N) is 2. The topological polar surface area (TPSA) is 60.9 Å². The summed E-state index contributed by atoms with van der Waals surface area (Å²) in [6.07, 6.45) is 0.705. The van der Waals surface area contributed by atoms with Crippen LogP contribution in [0.3, 0.4) is 0 Å². The lowest BCUT2D eigenvalue weighted by molar-refractivity contribution is -0.470. The van der Waals surface area contributed by atoms with Gasteiger partial charge in [0, 0.05) is 23.1 Å². The van der Waals surface area contributed by atoms with Crippen LogP contribution in [0.2, 0.25) is 0 Å². The van der Waals surface area contributed by atoms with Crippen LogP contribution < -0.4 is 0 Å². The van der Waals surface area contributed by atoms with E-state index in [1.807, 2.05) is 60.7 Å². The van der Waals surface area contributed by atoms with Crippen molar-refractivity contribution < 1.29 is 14.2 Å². The molecule has 0 fully saturated rings. The lowest BCUT2D eigenvalue weighted by atomic mass is 9.89. The SMILES string of the molecule is CC(=O)/C(=C(/C(C)=O)[N+]1=C(c2ccc(C#N)cc2)c2ccccc2CC1)[c-]1c2cc(-c3ccccc3)ccc2c2ccc(-c3ccccc3)cc21. The molecule has 1 heterocycles. The monoisotopic (exact) mass is 658 g/mol. The van der Waals surface area contributed by atoms with E-state index in [4.69, 9.17) is 0 Å². The molecule has 0 spiro atoms. The van der Waals surface area contributed by atoms with Gasteiger partial charge in [0.05, 0.1) is 11.6 Å². The second kappa shape index (κ2) is 13.0. The van der Waals surface area contributed by atoms with Gasteiger partial charge < -0.3 is 4.79 Å². The van der Waals surface area contributed by atoms with Gasteiger partial charge in [0.2, 0.25) is 11.4 Å². The van der Waals surface area contributed by atoms with E-state index in [2.05, 4.69) is 83.4 Å².